The molecule has 1 saturated carbocycles. The summed E-state index contributed by atoms with van der Waals surface area (Å²) in [6, 6.07) is 0. The van der Waals surface area contributed by atoms with Crippen molar-refractivity contribution < 1.29 is 5.11 Å². The van der Waals surface area contributed by atoms with Crippen LogP contribution in [0, 0.1) is 29.6 Å². The van der Waals surface area contributed by atoms with Crippen molar-refractivity contribution in [2.45, 2.75) is 72.8 Å². The van der Waals surface area contributed by atoms with Crippen LogP contribution in [0.5, 0.6) is 0 Å². The summed E-state index contributed by atoms with van der Waals surface area (Å²) < 4.78 is 0. The molecule has 0 aromatic rings. The van der Waals surface area contributed by atoms with E-state index in [0.29, 0.717) is 5.92 Å². The zero-order chi connectivity index (χ0) is 13.2. The summed E-state index contributed by atoms with van der Waals surface area (Å²) in [4.78, 5) is 0. The molecular weight excluding hydrogens is 208 g/mol. The molecule has 0 radical (unpaired) electrons. The molecule has 0 aliphatic heterocycles. The first kappa shape index (κ1) is 15.0. The van der Waals surface area contributed by atoms with Crippen molar-refractivity contribution in [3.63, 3.8) is 0 Å². The summed E-state index contributed by atoms with van der Waals surface area (Å²) in [7, 11) is 0. The lowest BCUT2D eigenvalue weighted by Gasteiger charge is -2.36. The summed E-state index contributed by atoms with van der Waals surface area (Å²) >= 11 is 0. The Labute approximate surface area is 108 Å². The average Bonchev–Trinajstić information content (AvgIpc) is 2.37. The predicted molar refractivity (Wildman–Crippen MR) is 74.9 cm³/mol. The standard InChI is InChI=1S/C16H32O/c1-11(2)14-9-7-8-13(16(5,6)17)10-15(14)12(3)4/h11-15,17H,7-10H2,1-6H3. The topological polar surface area (TPSA) is 20.2 Å². The summed E-state index contributed by atoms with van der Waals surface area (Å²) in [5.74, 6) is 3.64. The molecule has 0 bridgehead atoms. The number of aliphatic hydroxyl groups is 1. The van der Waals surface area contributed by atoms with E-state index in [1.54, 1.807) is 0 Å². The maximum Gasteiger partial charge on any atom is 0.0619 e. The molecule has 1 aliphatic carbocycles. The number of hydrogen-bond donors (Lipinski definition) is 1. The van der Waals surface area contributed by atoms with Crippen molar-refractivity contribution in [2.24, 2.45) is 29.6 Å². The van der Waals surface area contributed by atoms with Crippen molar-refractivity contribution >= 4 is 0 Å². The first-order valence-corrected chi connectivity index (χ1v) is 7.45. The van der Waals surface area contributed by atoms with Gasteiger partial charge in [0.1, 0.15) is 0 Å². The molecule has 0 heterocycles. The lowest BCUT2D eigenvalue weighted by Crippen LogP contribution is -2.34. The predicted octanol–water partition coefficient (Wildman–Crippen LogP) is 4.49. The zero-order valence-electron chi connectivity index (χ0n) is 12.7. The van der Waals surface area contributed by atoms with Gasteiger partial charge >= 0.3 is 0 Å². The SMILES string of the molecule is CC(C)C1CCCC(C(C)(C)O)CC1C(C)C. The van der Waals surface area contributed by atoms with Crippen LogP contribution in [0.2, 0.25) is 0 Å². The van der Waals surface area contributed by atoms with Crippen LogP contribution in [0.3, 0.4) is 0 Å². The van der Waals surface area contributed by atoms with Crippen molar-refractivity contribution in [1.29, 1.82) is 0 Å². The van der Waals surface area contributed by atoms with Gasteiger partial charge in [-0.1, -0.05) is 34.1 Å². The molecule has 1 nitrogen and oxygen atoms in total. The largest absolute Gasteiger partial charge is 0.390 e. The van der Waals surface area contributed by atoms with E-state index < -0.39 is 5.60 Å². The molecule has 1 heteroatoms. The van der Waals surface area contributed by atoms with Gasteiger partial charge in [0.05, 0.1) is 5.60 Å². The Morgan fingerprint density at radius 1 is 0.941 bits per heavy atom. The minimum Gasteiger partial charge on any atom is -0.390 e. The van der Waals surface area contributed by atoms with E-state index in [0.717, 1.165) is 23.7 Å². The third-order valence-electron chi connectivity index (χ3n) is 4.91. The Morgan fingerprint density at radius 2 is 1.47 bits per heavy atom. The second-order valence-electron chi connectivity index (χ2n) is 7.33. The molecule has 0 saturated heterocycles. The molecule has 3 atom stereocenters. The van der Waals surface area contributed by atoms with Gasteiger partial charge in [0.25, 0.3) is 0 Å². The second kappa shape index (κ2) is 5.73. The highest BCUT2D eigenvalue weighted by Crippen LogP contribution is 2.43. The molecule has 1 N–H and O–H groups in total. The Morgan fingerprint density at radius 3 is 1.88 bits per heavy atom. The maximum atomic E-state index is 10.3. The molecule has 0 aromatic heterocycles. The molecule has 1 aliphatic rings. The summed E-state index contributed by atoms with van der Waals surface area (Å²) in [6.07, 6.45) is 5.06. The van der Waals surface area contributed by atoms with Crippen molar-refractivity contribution in [3.05, 3.63) is 0 Å². The van der Waals surface area contributed by atoms with Gasteiger partial charge in [0.2, 0.25) is 0 Å². The molecule has 0 spiro atoms. The number of hydrogen-bond acceptors (Lipinski definition) is 1. The monoisotopic (exact) mass is 240 g/mol. The van der Waals surface area contributed by atoms with Gasteiger partial charge in [0, 0.05) is 0 Å². The van der Waals surface area contributed by atoms with Crippen LogP contribution in [0.1, 0.15) is 67.2 Å². The van der Waals surface area contributed by atoms with Crippen LogP contribution in [0.15, 0.2) is 0 Å². The molecule has 17 heavy (non-hydrogen) atoms. The van der Waals surface area contributed by atoms with Crippen molar-refractivity contribution in [3.8, 4) is 0 Å². The van der Waals surface area contributed by atoms with E-state index in [4.69, 9.17) is 0 Å². The van der Waals surface area contributed by atoms with Crippen LogP contribution < -0.4 is 0 Å². The molecule has 102 valence electrons. The summed E-state index contributed by atoms with van der Waals surface area (Å²) in [5.41, 5.74) is -0.501. The highest BCUT2D eigenvalue weighted by Gasteiger charge is 2.36. The van der Waals surface area contributed by atoms with Crippen molar-refractivity contribution in [2.75, 3.05) is 0 Å². The number of rotatable bonds is 3. The first-order chi connectivity index (χ1) is 7.73. The van der Waals surface area contributed by atoms with Crippen LogP contribution in [-0.4, -0.2) is 10.7 Å². The molecule has 3 unspecified atom stereocenters. The van der Waals surface area contributed by atoms with Gasteiger partial charge < -0.3 is 5.11 Å². The summed E-state index contributed by atoms with van der Waals surface area (Å²) in [5, 5.41) is 10.3. The zero-order valence-corrected chi connectivity index (χ0v) is 12.7. The lowest BCUT2D eigenvalue weighted by atomic mass is 9.71. The van der Waals surface area contributed by atoms with Crippen LogP contribution in [0.4, 0.5) is 0 Å². The fourth-order valence-corrected chi connectivity index (χ4v) is 3.67. The third kappa shape index (κ3) is 3.98. The average molecular weight is 240 g/mol. The Bertz CT molecular complexity index is 224. The van der Waals surface area contributed by atoms with Crippen LogP contribution >= 0.6 is 0 Å². The smallest absolute Gasteiger partial charge is 0.0619 e. The van der Waals surface area contributed by atoms with Crippen LogP contribution in [-0.2, 0) is 0 Å². The molecular formula is C16H32O. The molecule has 1 fully saturated rings. The lowest BCUT2D eigenvalue weighted by molar-refractivity contribution is -0.00149. The molecule has 0 amide bonds. The normalized spacial score (nSPS) is 31.9. The van der Waals surface area contributed by atoms with E-state index in [9.17, 15) is 5.11 Å². The van der Waals surface area contributed by atoms with E-state index >= 15 is 0 Å². The van der Waals surface area contributed by atoms with Crippen molar-refractivity contribution in [1.82, 2.24) is 0 Å². The van der Waals surface area contributed by atoms with Gasteiger partial charge in [-0.25, -0.2) is 0 Å². The Kier molecular flexibility index (Phi) is 5.07. The van der Waals surface area contributed by atoms with Gasteiger partial charge in [-0.05, 0) is 62.7 Å². The van der Waals surface area contributed by atoms with Gasteiger partial charge in [-0.15, -0.1) is 0 Å². The second-order valence-corrected chi connectivity index (χ2v) is 7.33. The molecule has 0 aromatic carbocycles. The third-order valence-corrected chi connectivity index (χ3v) is 4.91. The minimum atomic E-state index is -0.501. The van der Waals surface area contributed by atoms with Gasteiger partial charge in [0.15, 0.2) is 0 Å². The molecule has 1 rings (SSSR count). The van der Waals surface area contributed by atoms with Crippen LogP contribution in [0.25, 0.3) is 0 Å². The fraction of sp³-hybridized carbons (Fsp3) is 1.00. The fourth-order valence-electron chi connectivity index (χ4n) is 3.67. The van der Waals surface area contributed by atoms with Gasteiger partial charge in [-0.3, -0.25) is 0 Å². The quantitative estimate of drug-likeness (QED) is 0.721. The van der Waals surface area contributed by atoms with E-state index in [1.165, 1.54) is 25.7 Å². The highest BCUT2D eigenvalue weighted by molar-refractivity contribution is 4.87. The van der Waals surface area contributed by atoms with Gasteiger partial charge in [-0.2, -0.15) is 0 Å². The Hall–Kier alpha value is -0.0400. The van der Waals surface area contributed by atoms with E-state index in [1.807, 2.05) is 13.8 Å². The minimum absolute atomic E-state index is 0.485. The van der Waals surface area contributed by atoms with E-state index in [-0.39, 0.29) is 0 Å². The summed E-state index contributed by atoms with van der Waals surface area (Å²) in [6.45, 7) is 13.4. The Balaban J connectivity index is 2.83. The highest BCUT2D eigenvalue weighted by atomic mass is 16.3. The van der Waals surface area contributed by atoms with E-state index in [2.05, 4.69) is 27.7 Å². The maximum absolute atomic E-state index is 10.3. The first-order valence-electron chi connectivity index (χ1n) is 7.45.